The molecule has 1 aliphatic rings. The third kappa shape index (κ3) is 2.72. The molecule has 0 saturated heterocycles. The molecule has 0 unspecified atom stereocenters. The number of hydrogen-bond acceptors (Lipinski definition) is 5. The Morgan fingerprint density at radius 3 is 2.91 bits per heavy atom. The van der Waals surface area contributed by atoms with Crippen molar-refractivity contribution in [1.82, 2.24) is 9.97 Å². The van der Waals surface area contributed by atoms with Crippen molar-refractivity contribution in [1.29, 1.82) is 5.26 Å². The molecule has 1 fully saturated rings. The first kappa shape index (κ1) is 14.3. The third-order valence-electron chi connectivity index (χ3n) is 4.34. The summed E-state index contributed by atoms with van der Waals surface area (Å²) in [6.45, 7) is 0. The second-order valence-electron chi connectivity index (χ2n) is 5.74. The van der Waals surface area contributed by atoms with Crippen LogP contribution >= 0.6 is 0 Å². The number of nitriles is 1. The highest BCUT2D eigenvalue weighted by Crippen LogP contribution is 2.35. The van der Waals surface area contributed by atoms with Gasteiger partial charge in [0.1, 0.15) is 17.5 Å². The minimum Gasteiger partial charge on any atom is -0.376 e. The molecule has 114 valence electrons. The van der Waals surface area contributed by atoms with E-state index in [2.05, 4.69) is 21.4 Å². The SMILES string of the molecule is N#CCC1CCC(Nc2c([N+](=O)[O-])cnc3[nH]ccc23)CC1. The van der Waals surface area contributed by atoms with E-state index in [0.29, 0.717) is 23.7 Å². The Kier molecular flexibility index (Phi) is 3.92. The average molecular weight is 299 g/mol. The first-order valence-electron chi connectivity index (χ1n) is 7.43. The summed E-state index contributed by atoms with van der Waals surface area (Å²) in [5.74, 6) is 0.461. The molecule has 0 aliphatic heterocycles. The highest BCUT2D eigenvalue weighted by Gasteiger charge is 2.25. The van der Waals surface area contributed by atoms with Gasteiger partial charge in [-0.05, 0) is 37.7 Å². The van der Waals surface area contributed by atoms with Gasteiger partial charge >= 0.3 is 5.69 Å². The smallest absolute Gasteiger partial charge is 0.311 e. The van der Waals surface area contributed by atoms with Crippen LogP contribution in [0.5, 0.6) is 0 Å². The van der Waals surface area contributed by atoms with Gasteiger partial charge in [-0.15, -0.1) is 0 Å². The molecule has 0 spiro atoms. The van der Waals surface area contributed by atoms with Crippen LogP contribution in [0.25, 0.3) is 11.0 Å². The van der Waals surface area contributed by atoms with Crippen LogP contribution in [0, 0.1) is 27.4 Å². The van der Waals surface area contributed by atoms with Gasteiger partial charge in [0.2, 0.25) is 0 Å². The van der Waals surface area contributed by atoms with E-state index in [1.54, 1.807) is 12.3 Å². The van der Waals surface area contributed by atoms with Crippen molar-refractivity contribution in [2.45, 2.75) is 38.1 Å². The van der Waals surface area contributed by atoms with Crippen LogP contribution in [0.4, 0.5) is 11.4 Å². The summed E-state index contributed by atoms with van der Waals surface area (Å²) in [6.07, 6.45) is 7.46. The number of rotatable bonds is 4. The summed E-state index contributed by atoms with van der Waals surface area (Å²) in [4.78, 5) is 17.9. The van der Waals surface area contributed by atoms with Crippen molar-refractivity contribution in [3.05, 3.63) is 28.6 Å². The quantitative estimate of drug-likeness (QED) is 0.664. The molecule has 3 rings (SSSR count). The molecule has 0 radical (unpaired) electrons. The van der Waals surface area contributed by atoms with E-state index in [0.717, 1.165) is 31.1 Å². The van der Waals surface area contributed by atoms with Crippen LogP contribution in [-0.2, 0) is 0 Å². The number of aromatic amines is 1. The highest BCUT2D eigenvalue weighted by atomic mass is 16.6. The molecule has 7 nitrogen and oxygen atoms in total. The fourth-order valence-electron chi connectivity index (χ4n) is 3.13. The van der Waals surface area contributed by atoms with Gasteiger partial charge in [0.05, 0.1) is 11.0 Å². The van der Waals surface area contributed by atoms with Gasteiger partial charge in [0.15, 0.2) is 0 Å². The van der Waals surface area contributed by atoms with Crippen molar-refractivity contribution in [2.75, 3.05) is 5.32 Å². The zero-order chi connectivity index (χ0) is 15.5. The predicted molar refractivity (Wildman–Crippen MR) is 82.3 cm³/mol. The average Bonchev–Trinajstić information content (AvgIpc) is 2.98. The van der Waals surface area contributed by atoms with Gasteiger partial charge in [-0.25, -0.2) is 4.98 Å². The number of aromatic nitrogens is 2. The number of fused-ring (bicyclic) bond motifs is 1. The Bertz CT molecular complexity index is 725. The van der Waals surface area contributed by atoms with Crippen molar-refractivity contribution < 1.29 is 4.92 Å². The van der Waals surface area contributed by atoms with Gasteiger partial charge in [-0.2, -0.15) is 5.26 Å². The minimum absolute atomic E-state index is 0.00579. The molecule has 2 aromatic rings. The molecule has 0 aromatic carbocycles. The third-order valence-corrected chi connectivity index (χ3v) is 4.34. The number of nitrogens with zero attached hydrogens (tertiary/aromatic N) is 3. The summed E-state index contributed by atoms with van der Waals surface area (Å²) in [6, 6.07) is 4.23. The second-order valence-corrected chi connectivity index (χ2v) is 5.74. The van der Waals surface area contributed by atoms with Gasteiger partial charge in [-0.3, -0.25) is 10.1 Å². The number of hydrogen-bond donors (Lipinski definition) is 2. The zero-order valence-corrected chi connectivity index (χ0v) is 12.1. The Hall–Kier alpha value is -2.62. The number of nitrogens with one attached hydrogen (secondary N) is 2. The molecular formula is C15H17N5O2. The molecule has 0 amide bonds. The van der Waals surface area contributed by atoms with E-state index in [-0.39, 0.29) is 11.7 Å². The van der Waals surface area contributed by atoms with Crippen molar-refractivity contribution in [3.8, 4) is 6.07 Å². The summed E-state index contributed by atoms with van der Waals surface area (Å²) in [5.41, 5.74) is 1.19. The fraction of sp³-hybridized carbons (Fsp3) is 0.467. The molecule has 2 heterocycles. The van der Waals surface area contributed by atoms with E-state index >= 15 is 0 Å². The summed E-state index contributed by atoms with van der Waals surface area (Å²) in [7, 11) is 0. The van der Waals surface area contributed by atoms with Gasteiger partial charge in [-0.1, -0.05) is 0 Å². The van der Waals surface area contributed by atoms with Crippen LogP contribution < -0.4 is 5.32 Å². The van der Waals surface area contributed by atoms with E-state index in [1.165, 1.54) is 6.20 Å². The largest absolute Gasteiger partial charge is 0.376 e. The monoisotopic (exact) mass is 299 g/mol. The number of nitro groups is 1. The van der Waals surface area contributed by atoms with Crippen LogP contribution in [0.2, 0.25) is 0 Å². The van der Waals surface area contributed by atoms with Crippen molar-refractivity contribution in [3.63, 3.8) is 0 Å². The topological polar surface area (TPSA) is 108 Å². The van der Waals surface area contributed by atoms with Crippen molar-refractivity contribution in [2.24, 2.45) is 5.92 Å². The second kappa shape index (κ2) is 6.02. The van der Waals surface area contributed by atoms with Gasteiger partial charge < -0.3 is 10.3 Å². The normalized spacial score (nSPS) is 21.4. The lowest BCUT2D eigenvalue weighted by Crippen LogP contribution is -2.26. The minimum atomic E-state index is -0.400. The van der Waals surface area contributed by atoms with E-state index in [1.807, 2.05) is 0 Å². The maximum atomic E-state index is 11.2. The lowest BCUT2D eigenvalue weighted by molar-refractivity contribution is -0.384. The zero-order valence-electron chi connectivity index (χ0n) is 12.1. The Morgan fingerprint density at radius 2 is 2.23 bits per heavy atom. The fourth-order valence-corrected chi connectivity index (χ4v) is 3.13. The van der Waals surface area contributed by atoms with E-state index in [9.17, 15) is 10.1 Å². The van der Waals surface area contributed by atoms with E-state index in [4.69, 9.17) is 5.26 Å². The lowest BCUT2D eigenvalue weighted by Gasteiger charge is -2.28. The molecule has 7 heteroatoms. The Morgan fingerprint density at radius 1 is 1.45 bits per heavy atom. The predicted octanol–water partition coefficient (Wildman–Crippen LogP) is 3.36. The van der Waals surface area contributed by atoms with Crippen LogP contribution in [0.15, 0.2) is 18.5 Å². The number of H-pyrrole nitrogens is 1. The van der Waals surface area contributed by atoms with E-state index < -0.39 is 4.92 Å². The molecule has 1 saturated carbocycles. The molecule has 2 aromatic heterocycles. The Balaban J connectivity index is 1.82. The van der Waals surface area contributed by atoms with Crippen LogP contribution in [0.1, 0.15) is 32.1 Å². The maximum Gasteiger partial charge on any atom is 0.311 e. The molecule has 1 aliphatic carbocycles. The molecule has 0 bridgehead atoms. The first-order valence-corrected chi connectivity index (χ1v) is 7.43. The highest BCUT2D eigenvalue weighted by molar-refractivity contribution is 5.94. The molecular weight excluding hydrogens is 282 g/mol. The van der Waals surface area contributed by atoms with Crippen LogP contribution in [0.3, 0.4) is 0 Å². The van der Waals surface area contributed by atoms with Crippen molar-refractivity contribution >= 4 is 22.4 Å². The first-order chi connectivity index (χ1) is 10.7. The summed E-state index contributed by atoms with van der Waals surface area (Å²) >= 11 is 0. The summed E-state index contributed by atoms with van der Waals surface area (Å²) in [5, 5.41) is 24.1. The number of pyridine rings is 1. The lowest BCUT2D eigenvalue weighted by atomic mass is 9.84. The molecule has 22 heavy (non-hydrogen) atoms. The number of anilines is 1. The maximum absolute atomic E-state index is 11.2. The van der Waals surface area contributed by atoms with Gasteiger partial charge in [0, 0.05) is 24.0 Å². The summed E-state index contributed by atoms with van der Waals surface area (Å²) < 4.78 is 0. The molecule has 0 atom stereocenters. The molecule has 2 N–H and O–H groups in total. The van der Waals surface area contributed by atoms with Crippen LogP contribution in [-0.4, -0.2) is 20.9 Å². The van der Waals surface area contributed by atoms with Gasteiger partial charge in [0.25, 0.3) is 0 Å². The standard InChI is InChI=1S/C15H17N5O2/c16-7-5-10-1-3-11(4-2-10)19-14-12-6-8-17-15(12)18-9-13(14)20(21)22/h6,8-11H,1-5H2,(H2,17,18,19). The Labute approximate surface area is 127 Å².